The van der Waals surface area contributed by atoms with Crippen LogP contribution < -0.4 is 5.32 Å². The largest absolute Gasteiger partial charge is 0.378 e. The SMILES string of the molecule is CN(C)C(CNc1ccc(S(=O)(=O)N2CCCCC2)cc1[N+](=O)[O-])C1CC1. The van der Waals surface area contributed by atoms with Crippen molar-refractivity contribution < 1.29 is 13.3 Å². The molecule has 0 aromatic heterocycles. The Morgan fingerprint density at radius 1 is 1.26 bits per heavy atom. The lowest BCUT2D eigenvalue weighted by molar-refractivity contribution is -0.384. The highest BCUT2D eigenvalue weighted by Crippen LogP contribution is 2.35. The third-order valence-electron chi connectivity index (χ3n) is 5.45. The Balaban J connectivity index is 1.81. The van der Waals surface area contributed by atoms with Crippen molar-refractivity contribution in [3.63, 3.8) is 0 Å². The van der Waals surface area contributed by atoms with Gasteiger partial charge in [0.2, 0.25) is 10.0 Å². The number of piperidine rings is 1. The van der Waals surface area contributed by atoms with Gasteiger partial charge in [-0.15, -0.1) is 0 Å². The fraction of sp³-hybridized carbons (Fsp3) is 0.667. The molecular weight excluding hydrogens is 368 g/mol. The van der Waals surface area contributed by atoms with E-state index in [1.807, 2.05) is 14.1 Å². The fourth-order valence-electron chi connectivity index (χ4n) is 3.69. The molecule has 1 unspecified atom stereocenters. The first kappa shape index (κ1) is 20.0. The van der Waals surface area contributed by atoms with Crippen LogP contribution in [0.5, 0.6) is 0 Å². The van der Waals surface area contributed by atoms with Gasteiger partial charge < -0.3 is 10.2 Å². The van der Waals surface area contributed by atoms with E-state index in [1.54, 1.807) is 0 Å². The zero-order valence-electron chi connectivity index (χ0n) is 15.9. The van der Waals surface area contributed by atoms with Gasteiger partial charge >= 0.3 is 0 Å². The Morgan fingerprint density at radius 2 is 1.93 bits per heavy atom. The van der Waals surface area contributed by atoms with E-state index < -0.39 is 14.9 Å². The number of nitrogens with one attached hydrogen (secondary N) is 1. The molecule has 0 spiro atoms. The van der Waals surface area contributed by atoms with Crippen LogP contribution >= 0.6 is 0 Å². The van der Waals surface area contributed by atoms with Crippen LogP contribution in [0.3, 0.4) is 0 Å². The lowest BCUT2D eigenvalue weighted by atomic mass is 10.1. The molecule has 1 heterocycles. The van der Waals surface area contributed by atoms with E-state index in [0.29, 0.717) is 37.3 Å². The van der Waals surface area contributed by atoms with Crippen LogP contribution in [0.1, 0.15) is 32.1 Å². The molecule has 1 N–H and O–H groups in total. The summed E-state index contributed by atoms with van der Waals surface area (Å²) in [7, 11) is 0.325. The Labute approximate surface area is 160 Å². The maximum atomic E-state index is 12.8. The van der Waals surface area contributed by atoms with Crippen molar-refractivity contribution in [1.82, 2.24) is 9.21 Å². The lowest BCUT2D eigenvalue weighted by Gasteiger charge is -2.26. The van der Waals surface area contributed by atoms with Gasteiger partial charge in [-0.05, 0) is 57.8 Å². The van der Waals surface area contributed by atoms with Gasteiger partial charge in [-0.2, -0.15) is 4.31 Å². The van der Waals surface area contributed by atoms with Gasteiger partial charge in [0.15, 0.2) is 0 Å². The molecule has 1 saturated carbocycles. The second-order valence-electron chi connectivity index (χ2n) is 7.65. The molecule has 2 fully saturated rings. The van der Waals surface area contributed by atoms with E-state index in [9.17, 15) is 18.5 Å². The van der Waals surface area contributed by atoms with Crippen LogP contribution in [-0.2, 0) is 10.0 Å². The normalized spacial score (nSPS) is 19.8. The van der Waals surface area contributed by atoms with Gasteiger partial charge in [-0.1, -0.05) is 6.42 Å². The molecule has 1 aromatic carbocycles. The maximum absolute atomic E-state index is 12.8. The van der Waals surface area contributed by atoms with Crippen LogP contribution in [0, 0.1) is 16.0 Å². The van der Waals surface area contributed by atoms with Crippen molar-refractivity contribution in [3.05, 3.63) is 28.3 Å². The quantitative estimate of drug-likeness (QED) is 0.536. The predicted octanol–water partition coefficient (Wildman–Crippen LogP) is 2.52. The number of benzene rings is 1. The Hall–Kier alpha value is -1.71. The van der Waals surface area contributed by atoms with Crippen LogP contribution in [0.25, 0.3) is 0 Å². The molecule has 9 heteroatoms. The number of hydrogen-bond acceptors (Lipinski definition) is 6. The van der Waals surface area contributed by atoms with Gasteiger partial charge in [0.25, 0.3) is 5.69 Å². The number of likely N-dealkylation sites (N-methyl/N-ethyl adjacent to an activating group) is 1. The third kappa shape index (κ3) is 4.59. The minimum Gasteiger partial charge on any atom is -0.378 e. The number of hydrogen-bond donors (Lipinski definition) is 1. The number of rotatable bonds is 8. The molecule has 150 valence electrons. The Morgan fingerprint density at radius 3 is 2.48 bits per heavy atom. The lowest BCUT2D eigenvalue weighted by Crippen LogP contribution is -2.36. The molecule has 1 aliphatic heterocycles. The number of nitrogens with zero attached hydrogens (tertiary/aromatic N) is 3. The monoisotopic (exact) mass is 396 g/mol. The first-order valence-corrected chi connectivity index (χ1v) is 10.9. The van der Waals surface area contributed by atoms with Gasteiger partial charge in [-0.25, -0.2) is 8.42 Å². The molecule has 1 atom stereocenters. The number of nitro groups is 1. The summed E-state index contributed by atoms with van der Waals surface area (Å²) in [4.78, 5) is 13.2. The van der Waals surface area contributed by atoms with Crippen molar-refractivity contribution in [2.24, 2.45) is 5.92 Å². The maximum Gasteiger partial charge on any atom is 0.293 e. The van der Waals surface area contributed by atoms with E-state index in [-0.39, 0.29) is 10.6 Å². The molecule has 0 amide bonds. The molecule has 8 nitrogen and oxygen atoms in total. The summed E-state index contributed by atoms with van der Waals surface area (Å²) in [6.07, 6.45) is 5.03. The summed E-state index contributed by atoms with van der Waals surface area (Å²) in [5.74, 6) is 0.616. The summed E-state index contributed by atoms with van der Waals surface area (Å²) in [6.45, 7) is 1.54. The third-order valence-corrected chi connectivity index (χ3v) is 7.34. The van der Waals surface area contributed by atoms with Crippen molar-refractivity contribution in [3.8, 4) is 0 Å². The highest BCUT2D eigenvalue weighted by molar-refractivity contribution is 7.89. The van der Waals surface area contributed by atoms with E-state index in [2.05, 4.69) is 10.2 Å². The predicted molar refractivity (Wildman–Crippen MR) is 104 cm³/mol. The molecule has 1 saturated heterocycles. The fourth-order valence-corrected chi connectivity index (χ4v) is 5.23. The number of sulfonamides is 1. The number of anilines is 1. The highest BCUT2D eigenvalue weighted by Gasteiger charge is 2.33. The molecule has 27 heavy (non-hydrogen) atoms. The average Bonchev–Trinajstić information content (AvgIpc) is 3.47. The van der Waals surface area contributed by atoms with Crippen LogP contribution in [-0.4, -0.2) is 62.3 Å². The molecule has 2 aliphatic rings. The Kier molecular flexibility index (Phi) is 6.02. The van der Waals surface area contributed by atoms with Gasteiger partial charge in [0, 0.05) is 31.7 Å². The topological polar surface area (TPSA) is 95.8 Å². The smallest absolute Gasteiger partial charge is 0.293 e. The summed E-state index contributed by atoms with van der Waals surface area (Å²) in [6, 6.07) is 4.49. The Bertz CT molecular complexity index is 785. The van der Waals surface area contributed by atoms with E-state index >= 15 is 0 Å². The van der Waals surface area contributed by atoms with Crippen molar-refractivity contribution in [2.75, 3.05) is 39.0 Å². The van der Waals surface area contributed by atoms with Gasteiger partial charge in [0.1, 0.15) is 5.69 Å². The molecule has 1 aromatic rings. The van der Waals surface area contributed by atoms with Crippen LogP contribution in [0.2, 0.25) is 0 Å². The summed E-state index contributed by atoms with van der Waals surface area (Å²) < 4.78 is 27.0. The average molecular weight is 397 g/mol. The second kappa shape index (κ2) is 8.12. The van der Waals surface area contributed by atoms with Crippen LogP contribution in [0.15, 0.2) is 23.1 Å². The first-order chi connectivity index (χ1) is 12.8. The van der Waals surface area contributed by atoms with Crippen molar-refractivity contribution in [1.29, 1.82) is 0 Å². The summed E-state index contributed by atoms with van der Waals surface area (Å²) in [5, 5.41) is 14.7. The standard InChI is InChI=1S/C18H28N4O4S/c1-20(2)18(14-6-7-14)13-19-16-9-8-15(12-17(16)22(23)24)27(25,26)21-10-4-3-5-11-21/h8-9,12,14,18-19H,3-7,10-11,13H2,1-2H3. The van der Waals surface area contributed by atoms with Crippen molar-refractivity contribution >= 4 is 21.4 Å². The van der Waals surface area contributed by atoms with Crippen LogP contribution in [0.4, 0.5) is 11.4 Å². The minimum atomic E-state index is -3.69. The molecule has 3 rings (SSSR count). The summed E-state index contributed by atoms with van der Waals surface area (Å²) in [5.41, 5.74) is 0.173. The molecular formula is C18H28N4O4S. The minimum absolute atomic E-state index is 0.00648. The van der Waals surface area contributed by atoms with Gasteiger partial charge in [-0.3, -0.25) is 10.1 Å². The molecule has 0 radical (unpaired) electrons. The highest BCUT2D eigenvalue weighted by atomic mass is 32.2. The van der Waals surface area contributed by atoms with Gasteiger partial charge in [0.05, 0.1) is 9.82 Å². The second-order valence-corrected chi connectivity index (χ2v) is 9.59. The zero-order valence-corrected chi connectivity index (χ0v) is 16.7. The van der Waals surface area contributed by atoms with Crippen molar-refractivity contribution in [2.45, 2.75) is 43.0 Å². The molecule has 1 aliphatic carbocycles. The zero-order chi connectivity index (χ0) is 19.6. The summed E-state index contributed by atoms with van der Waals surface area (Å²) >= 11 is 0. The number of nitro benzene ring substituents is 1. The molecule has 0 bridgehead atoms. The van der Waals surface area contributed by atoms with E-state index in [4.69, 9.17) is 0 Å². The van der Waals surface area contributed by atoms with E-state index in [1.165, 1.54) is 35.3 Å². The van der Waals surface area contributed by atoms with E-state index in [0.717, 1.165) is 19.3 Å². The first-order valence-electron chi connectivity index (χ1n) is 9.49.